The van der Waals surface area contributed by atoms with Gasteiger partial charge in [-0.05, 0) is 29.3 Å². The second kappa shape index (κ2) is 6.87. The molecule has 21 heavy (non-hydrogen) atoms. The Morgan fingerprint density at radius 2 is 1.86 bits per heavy atom. The molecule has 0 radical (unpaired) electrons. The van der Waals surface area contributed by atoms with Gasteiger partial charge in [-0.2, -0.15) is 0 Å². The molecule has 106 valence electrons. The summed E-state index contributed by atoms with van der Waals surface area (Å²) in [5.41, 5.74) is 2.39. The first-order valence-corrected chi connectivity index (χ1v) is 8.68. The monoisotopic (exact) mass is 313 g/mol. The minimum atomic E-state index is 0.0301. The molecule has 1 aliphatic heterocycles. The molecule has 0 unspecified atom stereocenters. The Kier molecular flexibility index (Phi) is 4.68. The van der Waals surface area contributed by atoms with E-state index in [9.17, 15) is 4.79 Å². The molecule has 2 aromatic rings. The number of thioether (sulfide) groups is 2. The Hall–Kier alpha value is -1.65. The van der Waals surface area contributed by atoms with Gasteiger partial charge in [-0.3, -0.25) is 4.79 Å². The predicted octanol–water partition coefficient (Wildman–Crippen LogP) is 4.14. The fraction of sp³-hybridized carbons (Fsp3) is 0.118. The normalized spacial score (nSPS) is 16.2. The molecule has 1 amide bonds. The molecule has 1 saturated heterocycles. The number of hydrogen-bond acceptors (Lipinski definition) is 3. The summed E-state index contributed by atoms with van der Waals surface area (Å²) < 4.78 is 0. The predicted molar refractivity (Wildman–Crippen MR) is 91.0 cm³/mol. The summed E-state index contributed by atoms with van der Waals surface area (Å²) in [6.45, 7) is 0. The van der Waals surface area contributed by atoms with Gasteiger partial charge in [0.05, 0.1) is 10.8 Å². The third-order valence-electron chi connectivity index (χ3n) is 3.11. The van der Waals surface area contributed by atoms with Crippen molar-refractivity contribution in [2.45, 2.75) is 10.6 Å². The molecule has 0 atom stereocenters. The lowest BCUT2D eigenvalue weighted by molar-refractivity contribution is -0.116. The summed E-state index contributed by atoms with van der Waals surface area (Å²) in [5, 5.41) is 2.79. The highest BCUT2D eigenvalue weighted by atomic mass is 32.2. The molecule has 1 N–H and O–H groups in total. The number of amides is 1. The van der Waals surface area contributed by atoms with E-state index in [2.05, 4.69) is 53.8 Å². The van der Waals surface area contributed by atoms with Crippen molar-refractivity contribution >= 4 is 35.5 Å². The summed E-state index contributed by atoms with van der Waals surface area (Å²) in [5.74, 6) is 1.68. The number of carbonyl (C=O) groups is 1. The van der Waals surface area contributed by atoms with Gasteiger partial charge in [-0.1, -0.05) is 54.2 Å². The number of hydrogen-bond donors (Lipinski definition) is 1. The minimum Gasteiger partial charge on any atom is -0.342 e. The Morgan fingerprint density at radius 1 is 1.10 bits per heavy atom. The van der Waals surface area contributed by atoms with Crippen LogP contribution >= 0.6 is 23.5 Å². The first-order chi connectivity index (χ1) is 10.3. The second-order valence-electron chi connectivity index (χ2n) is 4.65. The number of benzene rings is 2. The molecule has 1 aliphatic rings. The van der Waals surface area contributed by atoms with E-state index in [0.717, 1.165) is 16.2 Å². The largest absolute Gasteiger partial charge is 0.342 e. The first-order valence-electron chi connectivity index (χ1n) is 6.71. The molecule has 0 spiro atoms. The van der Waals surface area contributed by atoms with Gasteiger partial charge >= 0.3 is 0 Å². The van der Waals surface area contributed by atoms with Crippen LogP contribution in [0.25, 0.3) is 6.08 Å². The van der Waals surface area contributed by atoms with E-state index in [-0.39, 0.29) is 5.91 Å². The maximum Gasteiger partial charge on any atom is 0.258 e. The van der Waals surface area contributed by atoms with Crippen LogP contribution in [0.15, 0.2) is 64.4 Å². The van der Waals surface area contributed by atoms with Crippen molar-refractivity contribution in [3.63, 3.8) is 0 Å². The molecule has 0 aromatic heterocycles. The summed E-state index contributed by atoms with van der Waals surface area (Å²) in [6, 6.07) is 18.8. The molecule has 1 heterocycles. The van der Waals surface area contributed by atoms with Gasteiger partial charge < -0.3 is 5.32 Å². The van der Waals surface area contributed by atoms with Crippen molar-refractivity contribution in [3.05, 3.63) is 70.6 Å². The van der Waals surface area contributed by atoms with Gasteiger partial charge in [0.15, 0.2) is 0 Å². The third-order valence-corrected chi connectivity index (χ3v) is 5.10. The molecule has 2 nitrogen and oxygen atoms in total. The Bertz CT molecular complexity index is 650. The highest BCUT2D eigenvalue weighted by Crippen LogP contribution is 2.26. The summed E-state index contributed by atoms with van der Waals surface area (Å²) >= 11 is 3.37. The van der Waals surface area contributed by atoms with E-state index in [1.807, 2.05) is 23.9 Å². The lowest BCUT2D eigenvalue weighted by atomic mass is 10.2. The Labute approximate surface area is 133 Å². The molecule has 2 aromatic carbocycles. The average molecular weight is 313 g/mol. The standard InChI is InChI=1S/C17H15NOS2/c19-17-16(21-12-18-17)10-13-6-8-15(9-7-13)20-11-14-4-2-1-3-5-14/h1-10H,11-12H2,(H,18,19). The zero-order chi connectivity index (χ0) is 14.5. The zero-order valence-corrected chi connectivity index (χ0v) is 13.0. The Morgan fingerprint density at radius 3 is 2.52 bits per heavy atom. The highest BCUT2D eigenvalue weighted by Gasteiger charge is 2.16. The summed E-state index contributed by atoms with van der Waals surface area (Å²) in [7, 11) is 0. The first kappa shape index (κ1) is 14.3. The van der Waals surface area contributed by atoms with E-state index in [4.69, 9.17) is 0 Å². The molecule has 1 fully saturated rings. The van der Waals surface area contributed by atoms with Crippen LogP contribution in [0.5, 0.6) is 0 Å². The van der Waals surface area contributed by atoms with Crippen LogP contribution in [0.1, 0.15) is 11.1 Å². The van der Waals surface area contributed by atoms with Crippen LogP contribution < -0.4 is 5.32 Å². The van der Waals surface area contributed by atoms with Crippen molar-refractivity contribution in [2.24, 2.45) is 0 Å². The van der Waals surface area contributed by atoms with Crippen LogP contribution in [-0.4, -0.2) is 11.8 Å². The number of carbonyl (C=O) groups excluding carboxylic acids is 1. The van der Waals surface area contributed by atoms with Crippen LogP contribution in [0.2, 0.25) is 0 Å². The molecule has 0 saturated carbocycles. The summed E-state index contributed by atoms with van der Waals surface area (Å²) in [6.07, 6.45) is 1.94. The zero-order valence-electron chi connectivity index (χ0n) is 11.4. The van der Waals surface area contributed by atoms with Gasteiger partial charge in [0.2, 0.25) is 0 Å². The summed E-state index contributed by atoms with van der Waals surface area (Å²) in [4.78, 5) is 13.5. The van der Waals surface area contributed by atoms with Crippen LogP contribution in [-0.2, 0) is 10.5 Å². The van der Waals surface area contributed by atoms with E-state index in [1.165, 1.54) is 10.5 Å². The van der Waals surface area contributed by atoms with Crippen LogP contribution in [0, 0.1) is 0 Å². The number of rotatable bonds is 4. The molecule has 0 aliphatic carbocycles. The van der Waals surface area contributed by atoms with Gasteiger partial charge in [0.1, 0.15) is 0 Å². The van der Waals surface area contributed by atoms with E-state index in [0.29, 0.717) is 5.88 Å². The van der Waals surface area contributed by atoms with E-state index in [1.54, 1.807) is 11.8 Å². The molecular weight excluding hydrogens is 298 g/mol. The molecule has 3 rings (SSSR count). The fourth-order valence-corrected chi connectivity index (χ4v) is 3.63. The lowest BCUT2D eigenvalue weighted by Crippen LogP contribution is -2.13. The molecule has 4 heteroatoms. The van der Waals surface area contributed by atoms with Crippen LogP contribution in [0.4, 0.5) is 0 Å². The SMILES string of the molecule is O=C1NCSC1=Cc1ccc(SCc2ccccc2)cc1. The maximum atomic E-state index is 11.5. The average Bonchev–Trinajstić information content (AvgIpc) is 2.93. The Balaban J connectivity index is 1.63. The maximum absolute atomic E-state index is 11.5. The smallest absolute Gasteiger partial charge is 0.258 e. The van der Waals surface area contributed by atoms with Crippen molar-refractivity contribution < 1.29 is 4.79 Å². The van der Waals surface area contributed by atoms with E-state index < -0.39 is 0 Å². The van der Waals surface area contributed by atoms with Crippen LogP contribution in [0.3, 0.4) is 0 Å². The van der Waals surface area contributed by atoms with Crippen molar-refractivity contribution in [3.8, 4) is 0 Å². The lowest BCUT2D eigenvalue weighted by Gasteiger charge is -2.03. The quantitative estimate of drug-likeness (QED) is 0.679. The molecule has 0 bridgehead atoms. The number of nitrogens with one attached hydrogen (secondary N) is 1. The highest BCUT2D eigenvalue weighted by molar-refractivity contribution is 8.04. The van der Waals surface area contributed by atoms with E-state index >= 15 is 0 Å². The second-order valence-corrected chi connectivity index (χ2v) is 6.71. The third kappa shape index (κ3) is 3.93. The van der Waals surface area contributed by atoms with Gasteiger partial charge in [-0.25, -0.2) is 0 Å². The van der Waals surface area contributed by atoms with Crippen molar-refractivity contribution in [1.29, 1.82) is 0 Å². The van der Waals surface area contributed by atoms with Gasteiger partial charge in [0.25, 0.3) is 5.91 Å². The fourth-order valence-electron chi connectivity index (χ4n) is 1.99. The molecular formula is C17H15NOS2. The van der Waals surface area contributed by atoms with Crippen molar-refractivity contribution in [2.75, 3.05) is 5.88 Å². The van der Waals surface area contributed by atoms with Crippen molar-refractivity contribution in [1.82, 2.24) is 5.32 Å². The topological polar surface area (TPSA) is 29.1 Å². The van der Waals surface area contributed by atoms with Gasteiger partial charge in [-0.15, -0.1) is 11.8 Å². The van der Waals surface area contributed by atoms with Gasteiger partial charge in [0, 0.05) is 10.6 Å². The minimum absolute atomic E-state index is 0.0301.